The summed E-state index contributed by atoms with van der Waals surface area (Å²) in [6.45, 7) is -0.120. The third-order valence-electron chi connectivity index (χ3n) is 2.12. The summed E-state index contributed by atoms with van der Waals surface area (Å²) in [5, 5.41) is 0.766. The lowest BCUT2D eigenvalue weighted by Crippen LogP contribution is -2.12. The normalized spacial score (nSPS) is 10.4. The number of carbonyl (C=O) groups excluding carboxylic acids is 1. The van der Waals surface area contributed by atoms with Gasteiger partial charge < -0.3 is 14.2 Å². The zero-order valence-corrected chi connectivity index (χ0v) is 11.9. The lowest BCUT2D eigenvalue weighted by molar-refractivity contribution is -0.142. The minimum atomic E-state index is -0.421. The number of ether oxygens (including phenoxy) is 3. The summed E-state index contributed by atoms with van der Waals surface area (Å²) in [5.41, 5.74) is 0.939. The number of halogens is 1. The van der Waals surface area contributed by atoms with E-state index in [1.807, 2.05) is 24.3 Å². The van der Waals surface area contributed by atoms with Crippen LogP contribution in [0.15, 0.2) is 24.3 Å². The summed E-state index contributed by atoms with van der Waals surface area (Å²) in [7, 11) is 2.90. The SMILES string of the molecule is COC(=O)COc1cc(C=CCBr)cc(OC)c1. The Morgan fingerprint density at radius 1 is 1.28 bits per heavy atom. The molecule has 0 aliphatic carbocycles. The number of esters is 1. The van der Waals surface area contributed by atoms with Crippen molar-refractivity contribution in [1.82, 2.24) is 0 Å². The van der Waals surface area contributed by atoms with Crippen molar-refractivity contribution in [3.05, 3.63) is 29.8 Å². The molecule has 1 aromatic carbocycles. The molecule has 0 heterocycles. The van der Waals surface area contributed by atoms with E-state index in [4.69, 9.17) is 9.47 Å². The van der Waals surface area contributed by atoms with Crippen LogP contribution in [-0.4, -0.2) is 32.1 Å². The van der Waals surface area contributed by atoms with E-state index < -0.39 is 5.97 Å². The van der Waals surface area contributed by atoms with Crippen molar-refractivity contribution in [1.29, 1.82) is 0 Å². The highest BCUT2D eigenvalue weighted by atomic mass is 79.9. The van der Waals surface area contributed by atoms with E-state index in [0.29, 0.717) is 11.5 Å². The number of hydrogen-bond acceptors (Lipinski definition) is 4. The van der Waals surface area contributed by atoms with Gasteiger partial charge in [-0.1, -0.05) is 28.1 Å². The predicted octanol–water partition coefficient (Wildman–Crippen LogP) is 2.66. The molecule has 4 nitrogen and oxygen atoms in total. The van der Waals surface area contributed by atoms with Gasteiger partial charge in [0.25, 0.3) is 0 Å². The molecule has 18 heavy (non-hydrogen) atoms. The van der Waals surface area contributed by atoms with E-state index in [0.717, 1.165) is 10.9 Å². The van der Waals surface area contributed by atoms with Gasteiger partial charge in [0.1, 0.15) is 11.5 Å². The van der Waals surface area contributed by atoms with Crippen molar-refractivity contribution in [2.75, 3.05) is 26.2 Å². The maximum absolute atomic E-state index is 11.0. The van der Waals surface area contributed by atoms with Crippen LogP contribution in [0.4, 0.5) is 0 Å². The monoisotopic (exact) mass is 314 g/mol. The number of alkyl halides is 1. The number of allylic oxidation sites excluding steroid dienone is 1. The molecule has 0 fully saturated rings. The van der Waals surface area contributed by atoms with Crippen LogP contribution >= 0.6 is 15.9 Å². The second-order valence-corrected chi connectivity index (χ2v) is 4.01. The Hall–Kier alpha value is -1.49. The van der Waals surface area contributed by atoms with E-state index in [-0.39, 0.29) is 6.61 Å². The molecule has 0 bridgehead atoms. The molecule has 0 amide bonds. The average Bonchev–Trinajstić information content (AvgIpc) is 2.42. The molecule has 0 aliphatic heterocycles. The Morgan fingerprint density at radius 3 is 2.61 bits per heavy atom. The minimum absolute atomic E-state index is 0.120. The van der Waals surface area contributed by atoms with Gasteiger partial charge in [-0.05, 0) is 17.7 Å². The van der Waals surface area contributed by atoms with E-state index >= 15 is 0 Å². The summed E-state index contributed by atoms with van der Waals surface area (Å²) in [6, 6.07) is 5.42. The molecule has 0 atom stereocenters. The highest BCUT2D eigenvalue weighted by Gasteiger charge is 2.04. The molecule has 1 aromatic rings. The molecule has 0 N–H and O–H groups in total. The van der Waals surface area contributed by atoms with Crippen molar-refractivity contribution < 1.29 is 19.0 Å². The van der Waals surface area contributed by atoms with Crippen LogP contribution in [0.5, 0.6) is 11.5 Å². The summed E-state index contributed by atoms with van der Waals surface area (Å²) < 4.78 is 15.0. The quantitative estimate of drug-likeness (QED) is 0.598. The van der Waals surface area contributed by atoms with Gasteiger partial charge in [0.15, 0.2) is 6.61 Å². The average molecular weight is 315 g/mol. The smallest absolute Gasteiger partial charge is 0.343 e. The number of methoxy groups -OCH3 is 2. The lowest BCUT2D eigenvalue weighted by Gasteiger charge is -2.08. The van der Waals surface area contributed by atoms with Crippen LogP contribution in [0, 0.1) is 0 Å². The second kappa shape index (κ2) is 7.76. The number of rotatable bonds is 6. The lowest BCUT2D eigenvalue weighted by atomic mass is 10.2. The first-order valence-corrected chi connectivity index (χ1v) is 6.43. The summed E-state index contributed by atoms with van der Waals surface area (Å²) in [4.78, 5) is 11.0. The molecular weight excluding hydrogens is 300 g/mol. The fraction of sp³-hybridized carbons (Fsp3) is 0.308. The van der Waals surface area contributed by atoms with Crippen LogP contribution in [0.2, 0.25) is 0 Å². The van der Waals surface area contributed by atoms with E-state index in [2.05, 4.69) is 20.7 Å². The Labute approximate surface area is 115 Å². The van der Waals surface area contributed by atoms with E-state index in [9.17, 15) is 4.79 Å². The zero-order chi connectivity index (χ0) is 13.4. The highest BCUT2D eigenvalue weighted by molar-refractivity contribution is 9.09. The van der Waals surface area contributed by atoms with Crippen LogP contribution in [0.25, 0.3) is 6.08 Å². The Balaban J connectivity index is 2.83. The van der Waals surface area contributed by atoms with Crippen LogP contribution < -0.4 is 9.47 Å². The Bertz CT molecular complexity index is 429. The van der Waals surface area contributed by atoms with Gasteiger partial charge in [-0.3, -0.25) is 0 Å². The van der Waals surface area contributed by atoms with Crippen LogP contribution in [0.3, 0.4) is 0 Å². The number of hydrogen-bond donors (Lipinski definition) is 0. The number of carbonyl (C=O) groups is 1. The van der Waals surface area contributed by atoms with Crippen molar-refractivity contribution in [3.63, 3.8) is 0 Å². The molecule has 0 saturated heterocycles. The molecule has 98 valence electrons. The standard InChI is InChI=1S/C13H15BrO4/c1-16-11-6-10(4-3-5-14)7-12(8-11)18-9-13(15)17-2/h3-4,6-8H,5,9H2,1-2H3. The molecular formula is C13H15BrO4. The van der Waals surface area contributed by atoms with Gasteiger partial charge in [0.2, 0.25) is 0 Å². The molecule has 0 radical (unpaired) electrons. The zero-order valence-electron chi connectivity index (χ0n) is 10.3. The molecule has 1 rings (SSSR count). The van der Waals surface area contributed by atoms with E-state index in [1.165, 1.54) is 7.11 Å². The molecule has 0 spiro atoms. The fourth-order valence-electron chi connectivity index (χ4n) is 1.27. The van der Waals surface area contributed by atoms with Crippen molar-refractivity contribution in [2.45, 2.75) is 0 Å². The molecule has 0 saturated carbocycles. The summed E-state index contributed by atoms with van der Waals surface area (Å²) >= 11 is 3.31. The Kier molecular flexibility index (Phi) is 6.28. The topological polar surface area (TPSA) is 44.8 Å². The van der Waals surface area contributed by atoms with Crippen molar-refractivity contribution in [3.8, 4) is 11.5 Å². The van der Waals surface area contributed by atoms with Gasteiger partial charge in [-0.15, -0.1) is 0 Å². The molecule has 0 aromatic heterocycles. The maximum atomic E-state index is 11.0. The largest absolute Gasteiger partial charge is 0.497 e. The first kappa shape index (κ1) is 14.6. The molecule has 0 unspecified atom stereocenters. The fourth-order valence-corrected chi connectivity index (χ4v) is 1.46. The Morgan fingerprint density at radius 2 is 2.00 bits per heavy atom. The van der Waals surface area contributed by atoms with Gasteiger partial charge in [0, 0.05) is 11.4 Å². The van der Waals surface area contributed by atoms with Gasteiger partial charge in [-0.2, -0.15) is 0 Å². The predicted molar refractivity (Wildman–Crippen MR) is 73.3 cm³/mol. The third kappa shape index (κ3) is 4.79. The summed E-state index contributed by atoms with van der Waals surface area (Å²) in [5.74, 6) is 0.816. The van der Waals surface area contributed by atoms with Gasteiger partial charge in [-0.25, -0.2) is 4.79 Å². The minimum Gasteiger partial charge on any atom is -0.497 e. The van der Waals surface area contributed by atoms with Crippen molar-refractivity contribution >= 4 is 28.0 Å². The first-order valence-electron chi connectivity index (χ1n) is 5.30. The molecule has 0 aliphatic rings. The van der Waals surface area contributed by atoms with Crippen LogP contribution in [0.1, 0.15) is 5.56 Å². The highest BCUT2D eigenvalue weighted by Crippen LogP contribution is 2.23. The third-order valence-corrected chi connectivity index (χ3v) is 2.50. The maximum Gasteiger partial charge on any atom is 0.343 e. The first-order chi connectivity index (χ1) is 8.69. The van der Waals surface area contributed by atoms with Gasteiger partial charge >= 0.3 is 5.97 Å². The number of benzene rings is 1. The van der Waals surface area contributed by atoms with E-state index in [1.54, 1.807) is 13.2 Å². The van der Waals surface area contributed by atoms with Crippen LogP contribution in [-0.2, 0) is 9.53 Å². The van der Waals surface area contributed by atoms with Gasteiger partial charge in [0.05, 0.1) is 14.2 Å². The summed E-state index contributed by atoms with van der Waals surface area (Å²) in [6.07, 6.45) is 3.89. The second-order valence-electron chi connectivity index (χ2n) is 3.36. The van der Waals surface area contributed by atoms with Crippen molar-refractivity contribution in [2.24, 2.45) is 0 Å². The molecule has 5 heteroatoms.